The first-order chi connectivity index (χ1) is 11.1. The van der Waals surface area contributed by atoms with Crippen molar-refractivity contribution in [2.45, 2.75) is 0 Å². The number of non-ortho nitro benzene ring substituents is 1. The van der Waals surface area contributed by atoms with E-state index in [2.05, 4.69) is 4.98 Å². The molecule has 6 nitrogen and oxygen atoms in total. The van der Waals surface area contributed by atoms with E-state index in [1.807, 2.05) is 6.07 Å². The van der Waals surface area contributed by atoms with Crippen molar-refractivity contribution in [2.75, 3.05) is 4.90 Å². The van der Waals surface area contributed by atoms with E-state index in [1.54, 1.807) is 30.6 Å². The SMILES string of the molecule is O=C1/C(=C/c2cccnc2)SC(=S)N1c1cccc([N+](=O)[O-])c1. The van der Waals surface area contributed by atoms with Crippen molar-refractivity contribution in [1.82, 2.24) is 4.98 Å². The highest BCUT2D eigenvalue weighted by atomic mass is 32.2. The highest BCUT2D eigenvalue weighted by molar-refractivity contribution is 8.27. The van der Waals surface area contributed by atoms with Crippen LogP contribution in [-0.2, 0) is 4.79 Å². The lowest BCUT2D eigenvalue weighted by Gasteiger charge is -2.13. The van der Waals surface area contributed by atoms with Crippen molar-refractivity contribution in [2.24, 2.45) is 0 Å². The fourth-order valence-electron chi connectivity index (χ4n) is 2.05. The number of thioether (sulfide) groups is 1. The van der Waals surface area contributed by atoms with Gasteiger partial charge >= 0.3 is 0 Å². The van der Waals surface area contributed by atoms with Crippen molar-refractivity contribution >= 4 is 51.7 Å². The minimum atomic E-state index is -0.507. The van der Waals surface area contributed by atoms with Crippen molar-refractivity contribution in [3.63, 3.8) is 0 Å². The van der Waals surface area contributed by atoms with Gasteiger partial charge in [0.15, 0.2) is 4.32 Å². The molecule has 8 heteroatoms. The van der Waals surface area contributed by atoms with E-state index < -0.39 is 4.92 Å². The van der Waals surface area contributed by atoms with E-state index in [0.29, 0.717) is 14.9 Å². The maximum absolute atomic E-state index is 12.6. The summed E-state index contributed by atoms with van der Waals surface area (Å²) >= 11 is 6.40. The number of carbonyl (C=O) groups excluding carboxylic acids is 1. The van der Waals surface area contributed by atoms with Crippen LogP contribution in [0.4, 0.5) is 11.4 Å². The molecule has 1 amide bonds. The molecule has 23 heavy (non-hydrogen) atoms. The number of amides is 1. The lowest BCUT2D eigenvalue weighted by atomic mass is 10.2. The molecule has 0 N–H and O–H groups in total. The van der Waals surface area contributed by atoms with Gasteiger partial charge in [-0.05, 0) is 23.8 Å². The van der Waals surface area contributed by atoms with E-state index >= 15 is 0 Å². The molecule has 2 heterocycles. The van der Waals surface area contributed by atoms with Gasteiger partial charge in [-0.25, -0.2) is 0 Å². The first-order valence-corrected chi connectivity index (χ1v) is 7.71. The molecule has 114 valence electrons. The van der Waals surface area contributed by atoms with E-state index in [1.165, 1.54) is 23.1 Å². The Kier molecular flexibility index (Phi) is 4.18. The summed E-state index contributed by atoms with van der Waals surface area (Å²) in [7, 11) is 0. The Bertz CT molecular complexity index is 837. The topological polar surface area (TPSA) is 76.3 Å². The normalized spacial score (nSPS) is 16.2. The number of nitrogens with zero attached hydrogens (tertiary/aromatic N) is 3. The summed E-state index contributed by atoms with van der Waals surface area (Å²) in [4.78, 5) is 28.7. The highest BCUT2D eigenvalue weighted by Crippen LogP contribution is 2.36. The summed E-state index contributed by atoms with van der Waals surface area (Å²) in [6.45, 7) is 0. The predicted molar refractivity (Wildman–Crippen MR) is 93.0 cm³/mol. The Hall–Kier alpha value is -2.58. The number of thiocarbonyl (C=S) groups is 1. The predicted octanol–water partition coefficient (Wildman–Crippen LogP) is 3.40. The molecule has 2 aromatic rings. The molecule has 0 atom stereocenters. The number of pyridine rings is 1. The number of hydrogen-bond donors (Lipinski definition) is 0. The zero-order valence-corrected chi connectivity index (χ0v) is 13.2. The van der Waals surface area contributed by atoms with Crippen LogP contribution in [0.5, 0.6) is 0 Å². The van der Waals surface area contributed by atoms with Gasteiger partial charge in [0.1, 0.15) is 0 Å². The molecule has 0 spiro atoms. The summed E-state index contributed by atoms with van der Waals surface area (Å²) in [5.74, 6) is -0.302. The van der Waals surface area contributed by atoms with Gasteiger partial charge in [-0.3, -0.25) is 24.8 Å². The average molecular weight is 343 g/mol. The van der Waals surface area contributed by atoms with Gasteiger partial charge < -0.3 is 0 Å². The van der Waals surface area contributed by atoms with Gasteiger partial charge in [0, 0.05) is 24.5 Å². The molecule has 0 aliphatic carbocycles. The minimum Gasteiger partial charge on any atom is -0.268 e. The molecule has 3 rings (SSSR count). The summed E-state index contributed by atoms with van der Waals surface area (Å²) in [5, 5.41) is 10.9. The van der Waals surface area contributed by atoms with Crippen LogP contribution in [0.1, 0.15) is 5.56 Å². The third-order valence-corrected chi connectivity index (χ3v) is 4.38. The van der Waals surface area contributed by atoms with E-state index in [-0.39, 0.29) is 11.6 Å². The van der Waals surface area contributed by atoms with Crippen LogP contribution < -0.4 is 4.90 Å². The first-order valence-electron chi connectivity index (χ1n) is 6.49. The summed E-state index contributed by atoms with van der Waals surface area (Å²) in [5.41, 5.74) is 1.08. The molecule has 1 aliphatic rings. The van der Waals surface area contributed by atoms with Crippen molar-refractivity contribution < 1.29 is 9.72 Å². The Morgan fingerprint density at radius 3 is 2.83 bits per heavy atom. The molecule has 0 saturated carbocycles. The fraction of sp³-hybridized carbons (Fsp3) is 0. The van der Waals surface area contributed by atoms with E-state index in [0.717, 1.165) is 17.3 Å². The lowest BCUT2D eigenvalue weighted by molar-refractivity contribution is -0.384. The summed E-state index contributed by atoms with van der Waals surface area (Å²) in [6, 6.07) is 9.44. The molecule has 1 aliphatic heterocycles. The van der Waals surface area contributed by atoms with Crippen LogP contribution >= 0.6 is 24.0 Å². The maximum Gasteiger partial charge on any atom is 0.271 e. The van der Waals surface area contributed by atoms with Crippen LogP contribution in [0, 0.1) is 10.1 Å². The van der Waals surface area contributed by atoms with Gasteiger partial charge in [-0.15, -0.1) is 0 Å². The molecule has 1 fully saturated rings. The standard InChI is InChI=1S/C15H9N3O3S2/c19-14-13(7-10-3-2-6-16-9-10)23-15(22)17(14)11-4-1-5-12(8-11)18(20)21/h1-9H/b13-7-. The Balaban J connectivity index is 1.95. The van der Waals surface area contributed by atoms with Gasteiger partial charge in [0.25, 0.3) is 11.6 Å². The molecular weight excluding hydrogens is 334 g/mol. The minimum absolute atomic E-state index is 0.0900. The number of benzene rings is 1. The molecule has 1 aromatic carbocycles. The number of nitro groups is 1. The molecular formula is C15H9N3O3S2. The molecule has 0 unspecified atom stereocenters. The van der Waals surface area contributed by atoms with Crippen molar-refractivity contribution in [1.29, 1.82) is 0 Å². The van der Waals surface area contributed by atoms with Crippen molar-refractivity contribution in [3.8, 4) is 0 Å². The van der Waals surface area contributed by atoms with Gasteiger partial charge in [-0.2, -0.15) is 0 Å². The van der Waals surface area contributed by atoms with E-state index in [4.69, 9.17) is 12.2 Å². The van der Waals surface area contributed by atoms with Crippen LogP contribution in [0.2, 0.25) is 0 Å². The summed E-state index contributed by atoms with van der Waals surface area (Å²) < 4.78 is 0.339. The molecule has 0 radical (unpaired) electrons. The van der Waals surface area contributed by atoms with Crippen LogP contribution in [0.3, 0.4) is 0 Å². The van der Waals surface area contributed by atoms with Crippen LogP contribution in [-0.4, -0.2) is 20.1 Å². The third-order valence-electron chi connectivity index (χ3n) is 3.07. The number of hydrogen-bond acceptors (Lipinski definition) is 6. The Morgan fingerprint density at radius 1 is 1.30 bits per heavy atom. The first kappa shape index (κ1) is 15.3. The summed E-state index contributed by atoms with van der Waals surface area (Å²) in [6.07, 6.45) is 4.98. The Labute approximate surface area is 141 Å². The van der Waals surface area contributed by atoms with Crippen LogP contribution in [0.15, 0.2) is 53.7 Å². The number of anilines is 1. The maximum atomic E-state index is 12.6. The molecule has 1 aromatic heterocycles. The largest absolute Gasteiger partial charge is 0.271 e. The molecule has 0 bridgehead atoms. The molecule has 1 saturated heterocycles. The highest BCUT2D eigenvalue weighted by Gasteiger charge is 2.33. The Morgan fingerprint density at radius 2 is 2.13 bits per heavy atom. The lowest BCUT2D eigenvalue weighted by Crippen LogP contribution is -2.27. The second-order valence-corrected chi connectivity index (χ2v) is 6.26. The number of rotatable bonds is 3. The van der Waals surface area contributed by atoms with Gasteiger partial charge in [0.2, 0.25) is 0 Å². The number of carbonyl (C=O) groups is 1. The number of aromatic nitrogens is 1. The van der Waals surface area contributed by atoms with Crippen LogP contribution in [0.25, 0.3) is 6.08 Å². The van der Waals surface area contributed by atoms with E-state index in [9.17, 15) is 14.9 Å². The van der Waals surface area contributed by atoms with Gasteiger partial charge in [-0.1, -0.05) is 36.1 Å². The average Bonchev–Trinajstić information content (AvgIpc) is 2.82. The fourth-order valence-corrected chi connectivity index (χ4v) is 3.35. The zero-order chi connectivity index (χ0) is 16.4. The second-order valence-electron chi connectivity index (χ2n) is 4.58. The smallest absolute Gasteiger partial charge is 0.268 e. The second kappa shape index (κ2) is 6.27. The monoisotopic (exact) mass is 343 g/mol. The number of nitro benzene ring substituents is 1. The third kappa shape index (κ3) is 3.13. The van der Waals surface area contributed by atoms with Crippen molar-refractivity contribution in [3.05, 3.63) is 69.4 Å². The zero-order valence-electron chi connectivity index (χ0n) is 11.6. The van der Waals surface area contributed by atoms with Gasteiger partial charge in [0.05, 0.1) is 15.5 Å². The quantitative estimate of drug-likeness (QED) is 0.368.